The van der Waals surface area contributed by atoms with E-state index in [1.807, 2.05) is 10.6 Å². The quantitative estimate of drug-likeness (QED) is 0.254. The van der Waals surface area contributed by atoms with Crippen LogP contribution in [-0.2, 0) is 18.3 Å². The van der Waals surface area contributed by atoms with E-state index in [0.29, 0.717) is 41.8 Å². The predicted molar refractivity (Wildman–Crippen MR) is 150 cm³/mol. The third-order valence-corrected chi connectivity index (χ3v) is 6.52. The van der Waals surface area contributed by atoms with Crippen molar-refractivity contribution in [1.82, 2.24) is 29.1 Å². The maximum absolute atomic E-state index is 15.0. The third kappa shape index (κ3) is 5.77. The van der Waals surface area contributed by atoms with E-state index in [2.05, 4.69) is 20.5 Å². The molecule has 0 aliphatic heterocycles. The number of hydrogen-bond acceptors (Lipinski definition) is 7. The fourth-order valence-corrected chi connectivity index (χ4v) is 4.40. The van der Waals surface area contributed by atoms with Crippen LogP contribution in [0.3, 0.4) is 0 Å². The van der Waals surface area contributed by atoms with E-state index in [-0.39, 0.29) is 17.0 Å². The summed E-state index contributed by atoms with van der Waals surface area (Å²) in [6.45, 7) is 2.92. The predicted octanol–water partition coefficient (Wildman–Crippen LogP) is 4.36. The summed E-state index contributed by atoms with van der Waals surface area (Å²) < 4.78 is 30.8. The van der Waals surface area contributed by atoms with Crippen molar-refractivity contribution in [2.75, 3.05) is 19.0 Å². The first kappa shape index (κ1) is 27.5. The van der Waals surface area contributed by atoms with E-state index < -0.39 is 17.3 Å². The first-order chi connectivity index (χ1) is 19.9. The first-order valence-corrected chi connectivity index (χ1v) is 12.8. The molecule has 210 valence electrons. The fraction of sp³-hybridized carbons (Fsp3) is 0.207. The third-order valence-electron chi connectivity index (χ3n) is 6.52. The number of aromatic nitrogens is 6. The van der Waals surface area contributed by atoms with Crippen LogP contribution >= 0.6 is 0 Å². The van der Waals surface area contributed by atoms with E-state index in [1.54, 1.807) is 68.5 Å². The van der Waals surface area contributed by atoms with Crippen molar-refractivity contribution in [2.45, 2.75) is 19.9 Å². The second kappa shape index (κ2) is 12.0. The van der Waals surface area contributed by atoms with E-state index in [4.69, 9.17) is 9.47 Å². The summed E-state index contributed by atoms with van der Waals surface area (Å²) in [5, 5.41) is 10.7. The van der Waals surface area contributed by atoms with Gasteiger partial charge < -0.3 is 19.4 Å². The van der Waals surface area contributed by atoms with E-state index in [9.17, 15) is 9.59 Å². The summed E-state index contributed by atoms with van der Waals surface area (Å²) in [6, 6.07) is 16.3. The van der Waals surface area contributed by atoms with Gasteiger partial charge in [-0.1, -0.05) is 18.2 Å². The van der Waals surface area contributed by atoms with Crippen LogP contribution in [0, 0.1) is 12.7 Å². The Morgan fingerprint density at radius 2 is 1.90 bits per heavy atom. The van der Waals surface area contributed by atoms with Crippen molar-refractivity contribution in [3.8, 4) is 28.7 Å². The smallest absolute Gasteiger partial charge is 0.284 e. The molecule has 0 aliphatic rings. The van der Waals surface area contributed by atoms with Crippen LogP contribution in [0.5, 0.6) is 11.5 Å². The molecule has 1 N–H and O–H groups in total. The normalized spacial score (nSPS) is 11.0. The molecule has 12 heteroatoms. The van der Waals surface area contributed by atoms with Gasteiger partial charge in [-0.15, -0.1) is 10.2 Å². The molecule has 0 spiro atoms. The molecule has 3 aromatic heterocycles. The first-order valence-electron chi connectivity index (χ1n) is 12.8. The minimum Gasteiger partial charge on any atom is -0.454 e. The average Bonchev–Trinajstić information content (AvgIpc) is 3.52. The molecule has 0 radical (unpaired) electrons. The van der Waals surface area contributed by atoms with E-state index in [0.717, 1.165) is 12.5 Å². The van der Waals surface area contributed by atoms with Crippen molar-refractivity contribution in [3.05, 3.63) is 101 Å². The van der Waals surface area contributed by atoms with Gasteiger partial charge in [0.05, 0.1) is 11.4 Å². The molecule has 0 aliphatic carbocycles. The van der Waals surface area contributed by atoms with Crippen molar-refractivity contribution < 1.29 is 18.7 Å². The summed E-state index contributed by atoms with van der Waals surface area (Å²) >= 11 is 0. The summed E-state index contributed by atoms with van der Waals surface area (Å²) in [6.07, 6.45) is 3.93. The standard InChI is InChI=1S/C29H28FN7O4/c1-19-26(29(39)37(35(19)2)21-8-5-4-6-9-21)28(38)33-20-10-11-25(23(30)16-20)41-22-12-13-31-24(17-22)27-34-32-18-36(27)14-7-15-40-3/h4-6,8-13,16-18H,7,14-15H2,1-3H3,(H,33,38). The number of nitrogens with one attached hydrogen (secondary N) is 1. The summed E-state index contributed by atoms with van der Waals surface area (Å²) in [5.41, 5.74) is 1.28. The molecule has 0 saturated heterocycles. The van der Waals surface area contributed by atoms with Gasteiger partial charge >= 0.3 is 0 Å². The van der Waals surface area contributed by atoms with Crippen molar-refractivity contribution in [3.63, 3.8) is 0 Å². The number of ether oxygens (including phenoxy) is 2. The topological polar surface area (TPSA) is 118 Å². The Morgan fingerprint density at radius 3 is 2.66 bits per heavy atom. The highest BCUT2D eigenvalue weighted by Gasteiger charge is 2.22. The van der Waals surface area contributed by atoms with Crippen molar-refractivity contribution in [1.29, 1.82) is 0 Å². The van der Waals surface area contributed by atoms with Gasteiger partial charge in [-0.3, -0.25) is 19.3 Å². The number of halogens is 1. The second-order valence-electron chi connectivity index (χ2n) is 9.21. The Balaban J connectivity index is 1.32. The molecule has 5 aromatic rings. The molecule has 11 nitrogen and oxygen atoms in total. The number of para-hydroxylation sites is 1. The van der Waals surface area contributed by atoms with Gasteiger partial charge in [0, 0.05) is 51.3 Å². The largest absolute Gasteiger partial charge is 0.454 e. The zero-order valence-corrected chi connectivity index (χ0v) is 22.7. The lowest BCUT2D eigenvalue weighted by atomic mass is 10.2. The van der Waals surface area contributed by atoms with Crippen LogP contribution in [0.25, 0.3) is 17.2 Å². The number of benzene rings is 2. The maximum Gasteiger partial charge on any atom is 0.284 e. The van der Waals surface area contributed by atoms with Gasteiger partial charge in [0.1, 0.15) is 23.3 Å². The van der Waals surface area contributed by atoms with Gasteiger partial charge in [0.2, 0.25) is 0 Å². The van der Waals surface area contributed by atoms with Gasteiger partial charge in [-0.2, -0.15) is 0 Å². The molecule has 0 unspecified atom stereocenters. The Labute approximate surface area is 234 Å². The average molecular weight is 558 g/mol. The molecular formula is C29H28FN7O4. The number of carbonyl (C=O) groups excluding carboxylic acids is 1. The van der Waals surface area contributed by atoms with Crippen LogP contribution in [0.2, 0.25) is 0 Å². The number of pyridine rings is 1. The highest BCUT2D eigenvalue weighted by atomic mass is 19.1. The molecular weight excluding hydrogens is 529 g/mol. The Bertz CT molecular complexity index is 1740. The van der Waals surface area contributed by atoms with Crippen LogP contribution in [-0.4, -0.2) is 48.7 Å². The van der Waals surface area contributed by atoms with Crippen molar-refractivity contribution in [2.24, 2.45) is 7.05 Å². The summed E-state index contributed by atoms with van der Waals surface area (Å²) in [4.78, 5) is 30.6. The van der Waals surface area contributed by atoms with Gasteiger partial charge in [-0.05, 0) is 43.7 Å². The molecule has 0 fully saturated rings. The molecule has 0 bridgehead atoms. The SMILES string of the molecule is COCCCn1cnnc1-c1cc(Oc2ccc(NC(=O)c3c(C)n(C)n(-c4ccccc4)c3=O)cc2F)ccn1. The molecule has 3 heterocycles. The highest BCUT2D eigenvalue weighted by molar-refractivity contribution is 6.05. The number of amides is 1. The second-order valence-corrected chi connectivity index (χ2v) is 9.21. The van der Waals surface area contributed by atoms with Crippen molar-refractivity contribution >= 4 is 11.6 Å². The lowest BCUT2D eigenvalue weighted by Gasteiger charge is -2.10. The Hall–Kier alpha value is -5.10. The summed E-state index contributed by atoms with van der Waals surface area (Å²) in [7, 11) is 3.34. The number of anilines is 1. The Kier molecular flexibility index (Phi) is 8.01. The van der Waals surface area contributed by atoms with Crippen LogP contribution in [0.4, 0.5) is 10.1 Å². The molecule has 5 rings (SSSR count). The lowest BCUT2D eigenvalue weighted by molar-refractivity contribution is 0.102. The van der Waals surface area contributed by atoms with Gasteiger partial charge in [0.15, 0.2) is 17.4 Å². The fourth-order valence-electron chi connectivity index (χ4n) is 4.40. The van der Waals surface area contributed by atoms with Crippen LogP contribution in [0.15, 0.2) is 78.0 Å². The van der Waals surface area contributed by atoms with Gasteiger partial charge in [-0.25, -0.2) is 9.07 Å². The lowest BCUT2D eigenvalue weighted by Crippen LogP contribution is -2.25. The van der Waals surface area contributed by atoms with Gasteiger partial charge in [0.25, 0.3) is 11.5 Å². The number of rotatable bonds is 10. The minimum atomic E-state index is -0.699. The number of aryl methyl sites for hydroxylation is 1. The highest BCUT2D eigenvalue weighted by Crippen LogP contribution is 2.29. The number of hydrogen-bond donors (Lipinski definition) is 1. The zero-order chi connectivity index (χ0) is 28.9. The van der Waals surface area contributed by atoms with Crippen LogP contribution < -0.4 is 15.6 Å². The zero-order valence-electron chi connectivity index (χ0n) is 22.7. The monoisotopic (exact) mass is 557 g/mol. The maximum atomic E-state index is 15.0. The number of carbonyl (C=O) groups is 1. The van der Waals surface area contributed by atoms with E-state index in [1.165, 1.54) is 23.0 Å². The molecule has 1 amide bonds. The number of methoxy groups -OCH3 is 1. The molecule has 0 saturated carbocycles. The van der Waals surface area contributed by atoms with E-state index >= 15 is 4.39 Å². The molecule has 41 heavy (non-hydrogen) atoms. The minimum absolute atomic E-state index is 0.0310. The summed E-state index contributed by atoms with van der Waals surface area (Å²) in [5.74, 6) is -0.496. The molecule has 0 atom stereocenters. The molecule has 2 aromatic carbocycles. The van der Waals surface area contributed by atoms with Crippen LogP contribution in [0.1, 0.15) is 22.5 Å². The number of nitrogens with zero attached hydrogens (tertiary/aromatic N) is 6. The Morgan fingerprint density at radius 1 is 1.10 bits per heavy atom.